The van der Waals surface area contributed by atoms with Crippen molar-refractivity contribution >= 4 is 24.2 Å². The van der Waals surface area contributed by atoms with Crippen LogP contribution in [0.2, 0.25) is 0 Å². The van der Waals surface area contributed by atoms with E-state index in [1.54, 1.807) is 6.07 Å². The zero-order chi connectivity index (χ0) is 25.8. The Hall–Kier alpha value is -3.86. The predicted octanol–water partition coefficient (Wildman–Crippen LogP) is 2.89. The molecule has 0 aliphatic carbocycles. The van der Waals surface area contributed by atoms with Crippen molar-refractivity contribution in [1.82, 2.24) is 15.7 Å². The molecule has 0 spiro atoms. The lowest BCUT2D eigenvalue weighted by atomic mass is 9.99. The minimum atomic E-state index is -1.16. The van der Waals surface area contributed by atoms with Gasteiger partial charge in [-0.15, -0.1) is 0 Å². The molecule has 1 aromatic carbocycles. The molecule has 1 heterocycles. The van der Waals surface area contributed by atoms with Crippen LogP contribution >= 0.6 is 0 Å². The van der Waals surface area contributed by atoms with Crippen LogP contribution in [-0.4, -0.2) is 59.9 Å². The number of amides is 3. The number of carboxylic acid groups (broad SMARTS) is 1. The van der Waals surface area contributed by atoms with Gasteiger partial charge in [-0.05, 0) is 36.8 Å². The van der Waals surface area contributed by atoms with E-state index in [9.17, 15) is 29.5 Å². The second-order valence-corrected chi connectivity index (χ2v) is 7.88. The molecule has 2 aromatic rings. The molecule has 0 aliphatic rings. The first kappa shape index (κ1) is 27.4. The Labute approximate surface area is 203 Å². The van der Waals surface area contributed by atoms with Crippen molar-refractivity contribution in [3.8, 4) is 17.1 Å². The average molecular weight is 490 g/mol. The molecule has 0 aliphatic heterocycles. The summed E-state index contributed by atoms with van der Waals surface area (Å²) in [6, 6.07) is 7.44. The van der Waals surface area contributed by atoms with Crippen LogP contribution in [0.3, 0.4) is 0 Å². The number of aromatic carboxylic acids is 1. The van der Waals surface area contributed by atoms with Gasteiger partial charge in [0.1, 0.15) is 17.1 Å². The van der Waals surface area contributed by atoms with Crippen molar-refractivity contribution in [3.05, 3.63) is 41.7 Å². The number of hydrogen-bond acceptors (Lipinski definition) is 7. The molecule has 35 heavy (non-hydrogen) atoms. The lowest BCUT2D eigenvalue weighted by molar-refractivity contribution is -0.154. The second kappa shape index (κ2) is 13.8. The first-order valence-corrected chi connectivity index (χ1v) is 11.3. The van der Waals surface area contributed by atoms with E-state index in [1.807, 2.05) is 0 Å². The summed E-state index contributed by atoms with van der Waals surface area (Å²) in [7, 11) is 1.37. The molecular weight excluding hydrogens is 458 g/mol. The Morgan fingerprint density at radius 3 is 2.57 bits per heavy atom. The van der Waals surface area contributed by atoms with Gasteiger partial charge in [0.2, 0.25) is 12.3 Å². The highest BCUT2D eigenvalue weighted by molar-refractivity contribution is 5.94. The molecule has 0 unspecified atom stereocenters. The maximum atomic E-state index is 12.5. The number of nitrogens with zero attached hydrogens (tertiary/aromatic N) is 1. The van der Waals surface area contributed by atoms with Crippen LogP contribution in [0, 0.1) is 5.92 Å². The van der Waals surface area contributed by atoms with Gasteiger partial charge in [0.15, 0.2) is 5.76 Å². The number of hydrogen-bond donors (Lipinski definition) is 4. The standard InChI is InChI=1S/C24H31N3O8/c1-3-4-5-6-7-17(13-27(33)15-28)22(29)25-14-26-23(30)21-11-10-19(35-21)16-8-9-20(34-2)18(12-16)24(31)32/h8-12,15,17,33H,3-7,13-14H2,1-2H3,(H,25,29)(H,26,30)(H,31,32)/t17-/m1/s1. The lowest BCUT2D eigenvalue weighted by Crippen LogP contribution is -2.42. The Morgan fingerprint density at radius 2 is 1.91 bits per heavy atom. The van der Waals surface area contributed by atoms with Crippen LogP contribution in [0.4, 0.5) is 0 Å². The minimum absolute atomic E-state index is 0.0273. The number of carboxylic acids is 1. The summed E-state index contributed by atoms with van der Waals surface area (Å²) in [6.07, 6.45) is 4.51. The minimum Gasteiger partial charge on any atom is -0.496 e. The fraction of sp³-hybridized carbons (Fsp3) is 0.417. The maximum absolute atomic E-state index is 12.5. The summed E-state index contributed by atoms with van der Waals surface area (Å²) in [5.41, 5.74) is 0.403. The smallest absolute Gasteiger partial charge is 0.339 e. The number of benzene rings is 1. The first-order valence-electron chi connectivity index (χ1n) is 11.3. The Morgan fingerprint density at radius 1 is 1.14 bits per heavy atom. The van der Waals surface area contributed by atoms with Gasteiger partial charge in [-0.3, -0.25) is 19.6 Å². The molecule has 0 saturated carbocycles. The number of carbonyl (C=O) groups excluding carboxylic acids is 3. The monoisotopic (exact) mass is 489 g/mol. The number of carbonyl (C=O) groups is 4. The van der Waals surface area contributed by atoms with Crippen molar-refractivity contribution < 1.29 is 38.6 Å². The van der Waals surface area contributed by atoms with Crippen LogP contribution in [0.25, 0.3) is 11.3 Å². The van der Waals surface area contributed by atoms with Crippen LogP contribution in [0.5, 0.6) is 5.75 Å². The predicted molar refractivity (Wildman–Crippen MR) is 125 cm³/mol. The first-order chi connectivity index (χ1) is 16.8. The molecule has 190 valence electrons. The molecular formula is C24H31N3O8. The van der Waals surface area contributed by atoms with Gasteiger partial charge in [-0.2, -0.15) is 0 Å². The Kier molecular flexibility index (Phi) is 10.8. The molecule has 1 aromatic heterocycles. The van der Waals surface area contributed by atoms with Crippen LogP contribution in [-0.2, 0) is 9.59 Å². The van der Waals surface area contributed by atoms with Gasteiger partial charge in [0.05, 0.1) is 26.2 Å². The van der Waals surface area contributed by atoms with Crippen molar-refractivity contribution in [3.63, 3.8) is 0 Å². The van der Waals surface area contributed by atoms with Crippen molar-refractivity contribution in [2.24, 2.45) is 5.92 Å². The van der Waals surface area contributed by atoms with Crippen LogP contribution in [0.15, 0.2) is 34.7 Å². The third-order valence-electron chi connectivity index (χ3n) is 5.36. The van der Waals surface area contributed by atoms with Crippen LogP contribution in [0.1, 0.15) is 59.9 Å². The van der Waals surface area contributed by atoms with Gasteiger partial charge in [-0.25, -0.2) is 9.86 Å². The van der Waals surface area contributed by atoms with Gasteiger partial charge < -0.3 is 24.9 Å². The van der Waals surface area contributed by atoms with E-state index in [0.29, 0.717) is 17.0 Å². The molecule has 0 radical (unpaired) electrons. The van der Waals surface area contributed by atoms with E-state index in [0.717, 1.165) is 25.7 Å². The molecule has 2 rings (SSSR count). The molecule has 0 fully saturated rings. The summed E-state index contributed by atoms with van der Waals surface area (Å²) in [5, 5.41) is 24.3. The number of furan rings is 1. The van der Waals surface area contributed by atoms with E-state index >= 15 is 0 Å². The maximum Gasteiger partial charge on any atom is 0.339 e. The van der Waals surface area contributed by atoms with Crippen molar-refractivity contribution in [1.29, 1.82) is 0 Å². The fourth-order valence-corrected chi connectivity index (χ4v) is 3.48. The normalized spacial score (nSPS) is 11.4. The van der Waals surface area contributed by atoms with Crippen LogP contribution < -0.4 is 15.4 Å². The lowest BCUT2D eigenvalue weighted by Gasteiger charge is -2.19. The quantitative estimate of drug-likeness (QED) is 0.0977. The zero-order valence-corrected chi connectivity index (χ0v) is 19.8. The third-order valence-corrected chi connectivity index (χ3v) is 5.36. The summed E-state index contributed by atoms with van der Waals surface area (Å²) in [4.78, 5) is 47.1. The number of methoxy groups -OCH3 is 1. The van der Waals surface area contributed by atoms with Crippen molar-refractivity contribution in [2.45, 2.75) is 39.0 Å². The van der Waals surface area contributed by atoms with E-state index in [4.69, 9.17) is 9.15 Å². The summed E-state index contributed by atoms with van der Waals surface area (Å²) in [6.45, 7) is 1.75. The number of unbranched alkanes of at least 4 members (excludes halogenated alkanes) is 3. The number of rotatable bonds is 15. The summed E-state index contributed by atoms with van der Waals surface area (Å²) >= 11 is 0. The molecule has 11 heteroatoms. The zero-order valence-electron chi connectivity index (χ0n) is 19.8. The largest absolute Gasteiger partial charge is 0.496 e. The van der Waals surface area contributed by atoms with Gasteiger partial charge in [0.25, 0.3) is 5.91 Å². The van der Waals surface area contributed by atoms with Crippen molar-refractivity contribution in [2.75, 3.05) is 20.3 Å². The Balaban J connectivity index is 1.95. The topological polar surface area (TPSA) is 158 Å². The van der Waals surface area contributed by atoms with Gasteiger partial charge in [0, 0.05) is 5.56 Å². The second-order valence-electron chi connectivity index (χ2n) is 7.88. The average Bonchev–Trinajstić information content (AvgIpc) is 3.35. The molecule has 4 N–H and O–H groups in total. The van der Waals surface area contributed by atoms with Gasteiger partial charge >= 0.3 is 5.97 Å². The molecule has 3 amide bonds. The number of ether oxygens (including phenoxy) is 1. The number of nitrogens with one attached hydrogen (secondary N) is 2. The van der Waals surface area contributed by atoms with E-state index in [1.165, 1.54) is 31.4 Å². The highest BCUT2D eigenvalue weighted by Crippen LogP contribution is 2.28. The van der Waals surface area contributed by atoms with E-state index in [2.05, 4.69) is 17.6 Å². The highest BCUT2D eigenvalue weighted by atomic mass is 16.5. The molecule has 11 nitrogen and oxygen atoms in total. The highest BCUT2D eigenvalue weighted by Gasteiger charge is 2.21. The number of hydroxylamine groups is 2. The van der Waals surface area contributed by atoms with E-state index < -0.39 is 23.7 Å². The molecule has 1 atom stereocenters. The summed E-state index contributed by atoms with van der Waals surface area (Å²) in [5.74, 6) is -2.31. The third kappa shape index (κ3) is 8.14. The Bertz CT molecular complexity index is 1020. The molecule has 0 bridgehead atoms. The summed E-state index contributed by atoms with van der Waals surface area (Å²) < 4.78 is 10.6. The fourth-order valence-electron chi connectivity index (χ4n) is 3.48. The SMILES string of the molecule is CCCCCC[C@H](CN(O)C=O)C(=O)NCNC(=O)c1ccc(-c2ccc(OC)c(C(=O)O)c2)o1. The van der Waals surface area contributed by atoms with E-state index in [-0.39, 0.29) is 42.5 Å². The molecule has 0 saturated heterocycles. The van der Waals surface area contributed by atoms with Gasteiger partial charge in [-0.1, -0.05) is 32.6 Å².